The highest BCUT2D eigenvalue weighted by Gasteiger charge is 2.10. The van der Waals surface area contributed by atoms with Crippen LogP contribution in [0.15, 0.2) is 24.4 Å². The predicted octanol–water partition coefficient (Wildman–Crippen LogP) is 2.29. The van der Waals surface area contributed by atoms with Gasteiger partial charge in [0.15, 0.2) is 11.6 Å². The lowest BCUT2D eigenvalue weighted by molar-refractivity contribution is 0.386. The predicted molar refractivity (Wildman–Crippen MR) is 68.0 cm³/mol. The number of nitrogens with one attached hydrogen (secondary N) is 1. The Kier molecular flexibility index (Phi) is 3.62. The summed E-state index contributed by atoms with van der Waals surface area (Å²) in [5.74, 6) is 0.803. The second kappa shape index (κ2) is 5.18. The molecule has 1 atom stereocenters. The Hall–Kier alpha value is -1.88. The quantitative estimate of drug-likeness (QED) is 0.873. The fourth-order valence-electron chi connectivity index (χ4n) is 1.68. The summed E-state index contributed by atoms with van der Waals surface area (Å²) in [6.45, 7) is 2.50. The van der Waals surface area contributed by atoms with Gasteiger partial charge in [-0.15, -0.1) is 0 Å². The molecule has 0 aliphatic rings. The Morgan fingerprint density at radius 1 is 1.50 bits per heavy atom. The summed E-state index contributed by atoms with van der Waals surface area (Å²) in [5, 5.41) is 0. The summed E-state index contributed by atoms with van der Waals surface area (Å²) in [6, 6.07) is 4.80. The smallest absolute Gasteiger partial charge is 0.165 e. The van der Waals surface area contributed by atoms with E-state index in [2.05, 4.69) is 9.97 Å². The Balaban J connectivity index is 2.31. The largest absolute Gasteiger partial charge is 0.494 e. The van der Waals surface area contributed by atoms with Gasteiger partial charge >= 0.3 is 0 Å². The Bertz CT molecular complexity index is 539. The zero-order chi connectivity index (χ0) is 13.1. The molecule has 2 rings (SSSR count). The number of imidazole rings is 1. The number of hydrogen-bond acceptors (Lipinski definition) is 3. The van der Waals surface area contributed by atoms with Gasteiger partial charge in [-0.2, -0.15) is 0 Å². The van der Waals surface area contributed by atoms with E-state index < -0.39 is 5.82 Å². The normalized spacial score (nSPS) is 12.4. The van der Waals surface area contributed by atoms with Crippen molar-refractivity contribution < 1.29 is 9.13 Å². The van der Waals surface area contributed by atoms with E-state index in [1.54, 1.807) is 18.3 Å². The van der Waals surface area contributed by atoms with Gasteiger partial charge in [0.05, 0.1) is 19.0 Å². The SMILES string of the molecule is COc1ccc(-c2cnc(C(C)CN)[nH]2)cc1F. The van der Waals surface area contributed by atoms with Crippen LogP contribution in [0.5, 0.6) is 5.75 Å². The van der Waals surface area contributed by atoms with Crippen LogP contribution in [0.1, 0.15) is 18.7 Å². The molecule has 0 aliphatic carbocycles. The molecule has 2 aromatic rings. The molecule has 0 aliphatic heterocycles. The van der Waals surface area contributed by atoms with Crippen molar-refractivity contribution in [3.05, 3.63) is 36.0 Å². The topological polar surface area (TPSA) is 63.9 Å². The number of ether oxygens (including phenoxy) is 1. The van der Waals surface area contributed by atoms with Crippen LogP contribution >= 0.6 is 0 Å². The van der Waals surface area contributed by atoms with Crippen molar-refractivity contribution in [2.75, 3.05) is 13.7 Å². The van der Waals surface area contributed by atoms with Crippen molar-refractivity contribution in [1.29, 1.82) is 0 Å². The van der Waals surface area contributed by atoms with Gasteiger partial charge in [0.25, 0.3) is 0 Å². The van der Waals surface area contributed by atoms with Crippen molar-refractivity contribution in [3.63, 3.8) is 0 Å². The van der Waals surface area contributed by atoms with Crippen LogP contribution in [0.3, 0.4) is 0 Å². The van der Waals surface area contributed by atoms with E-state index >= 15 is 0 Å². The van der Waals surface area contributed by atoms with Crippen molar-refractivity contribution in [3.8, 4) is 17.0 Å². The van der Waals surface area contributed by atoms with Gasteiger partial charge in [0, 0.05) is 18.0 Å². The molecular weight excluding hydrogens is 233 g/mol. The number of halogens is 1. The van der Waals surface area contributed by atoms with E-state index in [1.807, 2.05) is 6.92 Å². The Morgan fingerprint density at radius 2 is 2.28 bits per heavy atom. The minimum absolute atomic E-state index is 0.154. The molecule has 1 aromatic heterocycles. The van der Waals surface area contributed by atoms with E-state index in [9.17, 15) is 4.39 Å². The minimum atomic E-state index is -0.391. The summed E-state index contributed by atoms with van der Waals surface area (Å²) in [7, 11) is 1.44. The highest BCUT2D eigenvalue weighted by Crippen LogP contribution is 2.25. The molecule has 4 nitrogen and oxygen atoms in total. The zero-order valence-corrected chi connectivity index (χ0v) is 10.4. The first kappa shape index (κ1) is 12.6. The van der Waals surface area contributed by atoms with Crippen LogP contribution in [0, 0.1) is 5.82 Å². The van der Waals surface area contributed by atoms with Crippen LogP contribution in [0.2, 0.25) is 0 Å². The highest BCUT2D eigenvalue weighted by molar-refractivity contribution is 5.60. The molecule has 0 saturated carbocycles. The van der Waals surface area contributed by atoms with E-state index in [-0.39, 0.29) is 11.7 Å². The molecule has 5 heteroatoms. The number of aromatic nitrogens is 2. The second-order valence-electron chi connectivity index (χ2n) is 4.17. The number of rotatable bonds is 4. The fraction of sp³-hybridized carbons (Fsp3) is 0.308. The van der Waals surface area contributed by atoms with Gasteiger partial charge in [-0.25, -0.2) is 9.37 Å². The molecule has 0 spiro atoms. The second-order valence-corrected chi connectivity index (χ2v) is 4.17. The first-order valence-corrected chi connectivity index (χ1v) is 5.74. The molecule has 0 bridgehead atoms. The molecule has 0 saturated heterocycles. The van der Waals surface area contributed by atoms with E-state index in [4.69, 9.17) is 10.5 Å². The number of aromatic amines is 1. The molecular formula is C13H16FN3O. The lowest BCUT2D eigenvalue weighted by atomic mass is 10.1. The summed E-state index contributed by atoms with van der Waals surface area (Å²) in [5.41, 5.74) is 7.08. The number of nitrogens with two attached hydrogens (primary N) is 1. The number of methoxy groups -OCH3 is 1. The van der Waals surface area contributed by atoms with Crippen molar-refractivity contribution in [2.24, 2.45) is 5.73 Å². The van der Waals surface area contributed by atoms with Crippen molar-refractivity contribution in [2.45, 2.75) is 12.8 Å². The molecule has 0 amide bonds. The maximum absolute atomic E-state index is 13.6. The van der Waals surface area contributed by atoms with Crippen LogP contribution in [0.4, 0.5) is 4.39 Å². The van der Waals surface area contributed by atoms with Gasteiger partial charge in [-0.3, -0.25) is 0 Å². The third kappa shape index (κ3) is 2.36. The van der Waals surface area contributed by atoms with E-state index in [1.165, 1.54) is 13.2 Å². The zero-order valence-electron chi connectivity index (χ0n) is 10.4. The summed E-state index contributed by atoms with van der Waals surface area (Å²) in [6.07, 6.45) is 1.68. The first-order chi connectivity index (χ1) is 8.65. The average Bonchev–Trinajstić information content (AvgIpc) is 2.87. The monoisotopic (exact) mass is 249 g/mol. The number of nitrogens with zero attached hydrogens (tertiary/aromatic N) is 1. The van der Waals surface area contributed by atoms with Gasteiger partial charge in [0.1, 0.15) is 5.82 Å². The highest BCUT2D eigenvalue weighted by atomic mass is 19.1. The molecule has 1 unspecified atom stereocenters. The fourth-order valence-corrected chi connectivity index (χ4v) is 1.68. The van der Waals surface area contributed by atoms with Gasteiger partial charge in [-0.1, -0.05) is 6.92 Å². The van der Waals surface area contributed by atoms with Crippen LogP contribution < -0.4 is 10.5 Å². The Labute approximate surface area is 105 Å². The number of hydrogen-bond donors (Lipinski definition) is 2. The van der Waals surface area contributed by atoms with E-state index in [0.717, 1.165) is 17.1 Å². The van der Waals surface area contributed by atoms with Gasteiger partial charge in [0.2, 0.25) is 0 Å². The molecule has 96 valence electrons. The lowest BCUT2D eigenvalue weighted by Gasteiger charge is -2.05. The van der Waals surface area contributed by atoms with Gasteiger partial charge in [-0.05, 0) is 18.2 Å². The third-order valence-corrected chi connectivity index (χ3v) is 2.88. The molecule has 3 N–H and O–H groups in total. The van der Waals surface area contributed by atoms with Gasteiger partial charge < -0.3 is 15.5 Å². The molecule has 1 heterocycles. The lowest BCUT2D eigenvalue weighted by Crippen LogP contribution is -2.10. The first-order valence-electron chi connectivity index (χ1n) is 5.74. The molecule has 0 radical (unpaired) electrons. The standard InChI is InChI=1S/C13H16FN3O/c1-8(6-15)13-16-7-11(17-13)9-3-4-12(18-2)10(14)5-9/h3-5,7-8H,6,15H2,1-2H3,(H,16,17). The molecule has 0 fully saturated rings. The Morgan fingerprint density at radius 3 is 2.89 bits per heavy atom. The van der Waals surface area contributed by atoms with Crippen LogP contribution in [-0.4, -0.2) is 23.6 Å². The minimum Gasteiger partial charge on any atom is -0.494 e. The van der Waals surface area contributed by atoms with Crippen LogP contribution in [-0.2, 0) is 0 Å². The number of H-pyrrole nitrogens is 1. The maximum atomic E-state index is 13.6. The van der Waals surface area contributed by atoms with Crippen molar-refractivity contribution >= 4 is 0 Å². The summed E-state index contributed by atoms with van der Waals surface area (Å²) < 4.78 is 18.5. The van der Waals surface area contributed by atoms with Crippen molar-refractivity contribution in [1.82, 2.24) is 9.97 Å². The maximum Gasteiger partial charge on any atom is 0.165 e. The summed E-state index contributed by atoms with van der Waals surface area (Å²) >= 11 is 0. The summed E-state index contributed by atoms with van der Waals surface area (Å²) in [4.78, 5) is 7.39. The molecule has 1 aromatic carbocycles. The number of benzene rings is 1. The average molecular weight is 249 g/mol. The van der Waals surface area contributed by atoms with E-state index in [0.29, 0.717) is 6.54 Å². The van der Waals surface area contributed by atoms with Crippen LogP contribution in [0.25, 0.3) is 11.3 Å². The third-order valence-electron chi connectivity index (χ3n) is 2.88. The molecule has 18 heavy (non-hydrogen) atoms.